The number of nitrogens with zero attached hydrogens (tertiary/aromatic N) is 1. The molecule has 0 unspecified atom stereocenters. The van der Waals surface area contributed by atoms with Crippen LogP contribution in [0.4, 0.5) is 0 Å². The first kappa shape index (κ1) is 21.7. The summed E-state index contributed by atoms with van der Waals surface area (Å²) in [5.74, 6) is 3.50. The zero-order valence-electron chi connectivity index (χ0n) is 11.5. The lowest BCUT2D eigenvalue weighted by atomic mass is 10.2. The first-order valence-electron chi connectivity index (χ1n) is 5.77. The maximum Gasteiger partial charge on any atom is 0.153 e. The Morgan fingerprint density at radius 3 is 1.43 bits per heavy atom. The molecule has 0 radical (unpaired) electrons. The summed E-state index contributed by atoms with van der Waals surface area (Å²) in [5.41, 5.74) is 0.879. The molecule has 0 spiro atoms. The summed E-state index contributed by atoms with van der Waals surface area (Å²) in [5, 5.41) is 19.3. The predicted octanol–water partition coefficient (Wildman–Crippen LogP) is 4.94. The lowest BCUT2D eigenvalue weighted by molar-refractivity contribution is 0.112. The monoisotopic (exact) mass is 396 g/mol. The van der Waals surface area contributed by atoms with Crippen LogP contribution in [-0.2, 0) is 0 Å². The van der Waals surface area contributed by atoms with E-state index in [1.165, 1.54) is 6.21 Å². The highest BCUT2D eigenvalue weighted by Crippen LogP contribution is 2.22. The molecule has 0 aliphatic heterocycles. The van der Waals surface area contributed by atoms with Crippen molar-refractivity contribution in [3.63, 3.8) is 0 Å². The van der Waals surface area contributed by atoms with Gasteiger partial charge in [-0.05, 0) is 24.3 Å². The molecule has 0 saturated heterocycles. The first-order chi connectivity index (χ1) is 11.0. The third-order valence-electron chi connectivity index (χ3n) is 2.30. The largest absolute Gasteiger partial charge is 0.411 e. The van der Waals surface area contributed by atoms with Crippen molar-refractivity contribution < 1.29 is 15.2 Å². The average molecular weight is 398 g/mol. The molecule has 0 fully saturated rings. The van der Waals surface area contributed by atoms with Gasteiger partial charge in [-0.3, -0.25) is 4.79 Å². The zero-order chi connectivity index (χ0) is 17.8. The molecule has 0 atom stereocenters. The fourth-order valence-corrected chi connectivity index (χ4v) is 2.30. The van der Waals surface area contributed by atoms with Gasteiger partial charge in [-0.15, -0.1) is 0 Å². The lowest BCUT2D eigenvalue weighted by Gasteiger charge is -1.97. The van der Waals surface area contributed by atoms with Gasteiger partial charge in [-0.25, -0.2) is 5.90 Å². The number of carbonyl (C=O) groups excluding carboxylic acids is 1. The van der Waals surface area contributed by atoms with E-state index in [1.807, 2.05) is 0 Å². The van der Waals surface area contributed by atoms with Crippen LogP contribution >= 0.6 is 46.4 Å². The maximum atomic E-state index is 10.3. The summed E-state index contributed by atoms with van der Waals surface area (Å²) >= 11 is 22.7. The van der Waals surface area contributed by atoms with Crippen molar-refractivity contribution in [3.8, 4) is 0 Å². The van der Waals surface area contributed by atoms with E-state index < -0.39 is 0 Å². The Morgan fingerprint density at radius 2 is 1.17 bits per heavy atom. The molecule has 0 amide bonds. The second-order valence-corrected chi connectivity index (χ2v) is 5.26. The molecular weight excluding hydrogens is 386 g/mol. The van der Waals surface area contributed by atoms with E-state index >= 15 is 0 Å². The number of oxime groups is 1. The molecule has 0 aliphatic rings. The average Bonchev–Trinajstić information content (AvgIpc) is 2.54. The zero-order valence-corrected chi connectivity index (χ0v) is 14.5. The molecule has 23 heavy (non-hydrogen) atoms. The molecule has 5 nitrogen and oxygen atoms in total. The molecule has 4 N–H and O–H groups in total. The summed E-state index contributed by atoms with van der Waals surface area (Å²) in [6.07, 6.45) is 1.84. The molecule has 2 aromatic rings. The molecule has 0 saturated carbocycles. The van der Waals surface area contributed by atoms with Crippen LogP contribution in [0.5, 0.6) is 0 Å². The van der Waals surface area contributed by atoms with Crippen molar-refractivity contribution in [2.75, 3.05) is 0 Å². The molecule has 0 bridgehead atoms. The molecule has 0 aromatic heterocycles. The Morgan fingerprint density at radius 1 is 0.826 bits per heavy atom. The summed E-state index contributed by atoms with van der Waals surface area (Å²) in [6.45, 7) is 0. The number of hydrogen-bond donors (Lipinski definition) is 3. The smallest absolute Gasteiger partial charge is 0.153 e. The number of benzene rings is 2. The Balaban J connectivity index is 0.000000381. The van der Waals surface area contributed by atoms with E-state index in [4.69, 9.17) is 56.8 Å². The number of hydrogen-bond acceptors (Lipinski definition) is 5. The van der Waals surface area contributed by atoms with E-state index in [0.29, 0.717) is 37.5 Å². The standard InChI is InChI=1S/C7H5Cl2NO.C7H4Cl2O.H3NO/c8-6-2-1-3-7(9)5(6)4-10-11;8-6-2-1-3-7(9)5(6)4-10;1-2/h1-4,11H;1-4H;2H,1H2/b10-4+;;. The van der Waals surface area contributed by atoms with Crippen LogP contribution in [0.3, 0.4) is 0 Å². The van der Waals surface area contributed by atoms with Gasteiger partial charge in [0.1, 0.15) is 0 Å². The maximum absolute atomic E-state index is 10.3. The SMILES string of the molecule is NO.O/N=C/c1c(Cl)cccc1Cl.O=Cc1c(Cl)cccc1Cl. The molecule has 9 heteroatoms. The van der Waals surface area contributed by atoms with Gasteiger partial charge in [0.2, 0.25) is 0 Å². The highest BCUT2D eigenvalue weighted by molar-refractivity contribution is 6.39. The molecule has 2 rings (SSSR count). The van der Waals surface area contributed by atoms with Gasteiger partial charge in [0.05, 0.1) is 31.9 Å². The van der Waals surface area contributed by atoms with Crippen molar-refractivity contribution in [1.82, 2.24) is 0 Å². The van der Waals surface area contributed by atoms with Crippen LogP contribution in [0.1, 0.15) is 15.9 Å². The summed E-state index contributed by atoms with van der Waals surface area (Å²) in [7, 11) is 0. The summed E-state index contributed by atoms with van der Waals surface area (Å²) in [6, 6.07) is 10.0. The van der Waals surface area contributed by atoms with Crippen molar-refractivity contribution in [1.29, 1.82) is 0 Å². The topological polar surface area (TPSA) is 95.9 Å². The van der Waals surface area contributed by atoms with Crippen LogP contribution in [-0.4, -0.2) is 22.9 Å². The van der Waals surface area contributed by atoms with Crippen molar-refractivity contribution in [2.45, 2.75) is 0 Å². The Bertz CT molecular complexity index is 626. The number of rotatable bonds is 2. The highest BCUT2D eigenvalue weighted by Gasteiger charge is 2.02. The van der Waals surface area contributed by atoms with E-state index in [2.05, 4.69) is 11.1 Å². The van der Waals surface area contributed by atoms with E-state index in [-0.39, 0.29) is 0 Å². The number of nitrogens with two attached hydrogens (primary N) is 1. The third-order valence-corrected chi connectivity index (χ3v) is 3.62. The predicted molar refractivity (Wildman–Crippen MR) is 93.7 cm³/mol. The van der Waals surface area contributed by atoms with Crippen molar-refractivity contribution in [3.05, 3.63) is 67.6 Å². The normalized spacial score (nSPS) is 9.48. The van der Waals surface area contributed by atoms with E-state index in [0.717, 1.165) is 0 Å². The van der Waals surface area contributed by atoms with Gasteiger partial charge >= 0.3 is 0 Å². The van der Waals surface area contributed by atoms with Crippen LogP contribution in [0, 0.1) is 0 Å². The van der Waals surface area contributed by atoms with Gasteiger partial charge < -0.3 is 10.4 Å². The molecular formula is C14H12Cl4N2O3. The van der Waals surface area contributed by atoms with E-state index in [1.54, 1.807) is 36.4 Å². The fraction of sp³-hybridized carbons (Fsp3) is 0. The van der Waals surface area contributed by atoms with Gasteiger partial charge in [-0.2, -0.15) is 0 Å². The van der Waals surface area contributed by atoms with Crippen LogP contribution < -0.4 is 5.90 Å². The fourth-order valence-electron chi connectivity index (χ4n) is 1.32. The minimum absolute atomic E-state index is 0.353. The molecule has 0 heterocycles. The molecule has 2 aromatic carbocycles. The Labute approximate surface area is 152 Å². The molecule has 124 valence electrons. The van der Waals surface area contributed by atoms with Crippen LogP contribution in [0.15, 0.2) is 41.6 Å². The number of halogens is 4. The summed E-state index contributed by atoms with van der Waals surface area (Å²) < 4.78 is 0. The number of aldehydes is 1. The second kappa shape index (κ2) is 12.1. The quantitative estimate of drug-likeness (QED) is 0.289. The van der Waals surface area contributed by atoms with Crippen LogP contribution in [0.2, 0.25) is 20.1 Å². The minimum atomic E-state index is 0.353. The van der Waals surface area contributed by atoms with Gasteiger partial charge in [0.25, 0.3) is 0 Å². The number of carbonyl (C=O) groups is 1. The van der Waals surface area contributed by atoms with Crippen molar-refractivity contribution >= 4 is 58.9 Å². The minimum Gasteiger partial charge on any atom is -0.411 e. The van der Waals surface area contributed by atoms with Gasteiger partial charge in [-0.1, -0.05) is 63.7 Å². The summed E-state index contributed by atoms with van der Waals surface area (Å²) in [4.78, 5) is 10.3. The van der Waals surface area contributed by atoms with Gasteiger partial charge in [0.15, 0.2) is 6.29 Å². The van der Waals surface area contributed by atoms with Gasteiger partial charge in [0, 0.05) is 5.56 Å². The lowest BCUT2D eigenvalue weighted by Crippen LogP contribution is -1.83. The highest BCUT2D eigenvalue weighted by atomic mass is 35.5. The third kappa shape index (κ3) is 7.18. The van der Waals surface area contributed by atoms with E-state index in [9.17, 15) is 4.79 Å². The first-order valence-corrected chi connectivity index (χ1v) is 7.29. The van der Waals surface area contributed by atoms with Crippen LogP contribution in [0.25, 0.3) is 0 Å². The molecule has 0 aliphatic carbocycles. The second-order valence-electron chi connectivity index (χ2n) is 3.63. The Hall–Kier alpha value is -1.34. The van der Waals surface area contributed by atoms with Crippen molar-refractivity contribution in [2.24, 2.45) is 11.1 Å². The Kier molecular flexibility index (Phi) is 11.4.